The predicted octanol–water partition coefficient (Wildman–Crippen LogP) is 5.00. The topological polar surface area (TPSA) is 47.4 Å². The van der Waals surface area contributed by atoms with Gasteiger partial charge < -0.3 is 4.74 Å². The molecule has 32 heavy (non-hydrogen) atoms. The van der Waals surface area contributed by atoms with Crippen LogP contribution >= 0.6 is 11.6 Å². The van der Waals surface area contributed by atoms with E-state index in [1.807, 2.05) is 0 Å². The van der Waals surface area contributed by atoms with Crippen molar-refractivity contribution in [3.63, 3.8) is 0 Å². The second-order valence-electron chi connectivity index (χ2n) is 6.97. The quantitative estimate of drug-likeness (QED) is 0.406. The number of anilines is 1. The number of nitrogens with zero attached hydrogens (tertiary/aromatic N) is 3. The van der Waals surface area contributed by atoms with Crippen LogP contribution < -0.4 is 9.64 Å². The number of benzene rings is 2. The van der Waals surface area contributed by atoms with E-state index in [0.717, 1.165) is 19.2 Å². The van der Waals surface area contributed by atoms with E-state index in [9.17, 15) is 18.0 Å². The largest absolute Gasteiger partial charge is 0.473 e. The fraction of sp³-hybridized carbons (Fsp3) is 0.182. The summed E-state index contributed by atoms with van der Waals surface area (Å²) in [6.07, 6.45) is -0.434. The van der Waals surface area contributed by atoms with E-state index in [1.165, 1.54) is 4.90 Å². The Balaban J connectivity index is 1.86. The zero-order valence-corrected chi connectivity index (χ0v) is 17.2. The number of carbonyl (C=O) groups is 1. The van der Waals surface area contributed by atoms with Crippen molar-refractivity contribution < 1.29 is 27.1 Å². The number of ether oxygens (including phenoxy) is 1. The first kappa shape index (κ1) is 21.7. The second-order valence-corrected chi connectivity index (χ2v) is 7.35. The number of fused-ring (bicyclic) bond motifs is 1. The van der Waals surface area contributed by atoms with Crippen molar-refractivity contribution in [2.75, 3.05) is 11.4 Å². The highest BCUT2D eigenvalue weighted by Gasteiger charge is 2.40. The van der Waals surface area contributed by atoms with Crippen LogP contribution in [-0.2, 0) is 18.0 Å². The molecular weight excluding hydrogens is 450 g/mol. The summed E-state index contributed by atoms with van der Waals surface area (Å²) >= 11 is 5.92. The third kappa shape index (κ3) is 3.56. The van der Waals surface area contributed by atoms with E-state index < -0.39 is 40.4 Å². The summed E-state index contributed by atoms with van der Waals surface area (Å²) in [5.41, 5.74) is -1.32. The first-order valence-electron chi connectivity index (χ1n) is 9.23. The molecule has 5 nitrogen and oxygen atoms in total. The summed E-state index contributed by atoms with van der Waals surface area (Å²) in [5.74, 6) is 0.957. The highest BCUT2D eigenvalue weighted by atomic mass is 35.5. The van der Waals surface area contributed by atoms with Crippen LogP contribution in [0.2, 0.25) is 5.02 Å². The number of carbonyl (C=O) groups excluding carboxylic acids is 1. The minimum absolute atomic E-state index is 0.0121. The van der Waals surface area contributed by atoms with Crippen LogP contribution in [0.5, 0.6) is 5.75 Å². The molecule has 0 fully saturated rings. The van der Waals surface area contributed by atoms with Crippen molar-refractivity contribution >= 4 is 23.2 Å². The Kier molecular flexibility index (Phi) is 5.34. The molecule has 4 rings (SSSR count). The number of aromatic nitrogens is 2. The van der Waals surface area contributed by atoms with Crippen LogP contribution in [-0.4, -0.2) is 22.2 Å². The third-order valence-electron chi connectivity index (χ3n) is 4.94. The number of alkyl halides is 3. The number of rotatable bonds is 3. The molecule has 2 heterocycles. The van der Waals surface area contributed by atoms with E-state index in [2.05, 4.69) is 11.0 Å². The van der Waals surface area contributed by atoms with E-state index >= 15 is 4.39 Å². The summed E-state index contributed by atoms with van der Waals surface area (Å²) < 4.78 is 61.2. The number of hydrogen-bond donors (Lipinski definition) is 0. The minimum atomic E-state index is -4.79. The van der Waals surface area contributed by atoms with Crippen LogP contribution in [0.3, 0.4) is 0 Å². The number of aryl methyl sites for hydroxylation is 1. The number of hydrogen-bond acceptors (Lipinski definition) is 3. The van der Waals surface area contributed by atoms with Gasteiger partial charge in [-0.05, 0) is 6.07 Å². The maximum atomic E-state index is 15.0. The van der Waals surface area contributed by atoms with E-state index in [1.54, 1.807) is 30.3 Å². The Hall–Kier alpha value is -3.51. The molecule has 0 N–H and O–H groups in total. The van der Waals surface area contributed by atoms with Gasteiger partial charge in [0.25, 0.3) is 5.91 Å². The van der Waals surface area contributed by atoms with Crippen LogP contribution in [0.15, 0.2) is 42.5 Å². The minimum Gasteiger partial charge on any atom is -0.473 e. The highest BCUT2D eigenvalue weighted by molar-refractivity contribution is 6.33. The Morgan fingerprint density at radius 3 is 2.53 bits per heavy atom. The Bertz CT molecular complexity index is 1250. The average molecular weight is 464 g/mol. The first-order valence-corrected chi connectivity index (χ1v) is 9.61. The van der Waals surface area contributed by atoms with E-state index in [4.69, 9.17) is 22.8 Å². The SMILES string of the molecule is C#CCN1C(=O)C(c2ccccc2)Oc2cc(F)c(-c3nn(C)c(C(F)(F)F)c3Cl)cc21. The number of amides is 1. The van der Waals surface area contributed by atoms with E-state index in [-0.39, 0.29) is 23.5 Å². The third-order valence-corrected chi connectivity index (χ3v) is 5.30. The molecule has 1 atom stereocenters. The lowest BCUT2D eigenvalue weighted by atomic mass is 10.0. The molecule has 10 heteroatoms. The molecule has 1 aromatic heterocycles. The molecule has 0 spiro atoms. The van der Waals surface area contributed by atoms with Crippen LogP contribution in [0.25, 0.3) is 11.3 Å². The van der Waals surface area contributed by atoms with Crippen LogP contribution in [0, 0.1) is 18.2 Å². The van der Waals surface area contributed by atoms with Gasteiger partial charge >= 0.3 is 6.18 Å². The maximum absolute atomic E-state index is 15.0. The van der Waals surface area contributed by atoms with Gasteiger partial charge in [-0.3, -0.25) is 14.4 Å². The predicted molar refractivity (Wildman–Crippen MR) is 110 cm³/mol. The molecule has 0 aliphatic carbocycles. The fourth-order valence-electron chi connectivity index (χ4n) is 3.54. The van der Waals surface area contributed by atoms with Crippen molar-refractivity contribution in [2.24, 2.45) is 7.05 Å². The normalized spacial score (nSPS) is 15.8. The summed E-state index contributed by atoms with van der Waals surface area (Å²) in [7, 11) is 1.05. The van der Waals surface area contributed by atoms with Gasteiger partial charge in [0.05, 0.1) is 17.3 Å². The second kappa shape index (κ2) is 7.88. The molecule has 0 bridgehead atoms. The molecule has 1 aliphatic heterocycles. The standard InChI is InChI=1S/C22H14ClF4N3O2/c1-3-9-30-15-10-13(18-17(23)20(22(25,26)27)29(2)28-18)14(24)11-16(15)32-19(21(30)31)12-7-5-4-6-8-12/h1,4-8,10-11,19H,9H2,2H3. The molecule has 3 aromatic rings. The van der Waals surface area contributed by atoms with Crippen molar-refractivity contribution in [1.29, 1.82) is 0 Å². The molecule has 0 radical (unpaired) electrons. The van der Waals surface area contributed by atoms with Gasteiger partial charge in [0.2, 0.25) is 6.10 Å². The lowest BCUT2D eigenvalue weighted by Crippen LogP contribution is -2.41. The van der Waals surface area contributed by atoms with Gasteiger partial charge in [-0.2, -0.15) is 18.3 Å². The molecule has 0 saturated heterocycles. The summed E-state index contributed by atoms with van der Waals surface area (Å²) in [6.45, 7) is -0.159. The molecule has 1 amide bonds. The lowest BCUT2D eigenvalue weighted by molar-refractivity contribution is -0.143. The number of terminal acetylenes is 1. The molecule has 1 aliphatic rings. The number of halogens is 5. The fourth-order valence-corrected chi connectivity index (χ4v) is 3.91. The Morgan fingerprint density at radius 2 is 1.94 bits per heavy atom. The van der Waals surface area contributed by atoms with Gasteiger partial charge in [-0.25, -0.2) is 4.39 Å². The molecule has 0 saturated carbocycles. The van der Waals surface area contributed by atoms with E-state index in [0.29, 0.717) is 10.2 Å². The van der Waals surface area contributed by atoms with Gasteiger partial charge in [-0.1, -0.05) is 47.9 Å². The lowest BCUT2D eigenvalue weighted by Gasteiger charge is -2.34. The van der Waals surface area contributed by atoms with Gasteiger partial charge in [0.1, 0.15) is 17.3 Å². The van der Waals surface area contributed by atoms with Crippen LogP contribution in [0.4, 0.5) is 23.2 Å². The van der Waals surface area contributed by atoms with Gasteiger partial charge in [0, 0.05) is 24.2 Å². The van der Waals surface area contributed by atoms with Crippen molar-refractivity contribution in [2.45, 2.75) is 12.3 Å². The molecule has 1 unspecified atom stereocenters. The molecule has 164 valence electrons. The van der Waals surface area contributed by atoms with Gasteiger partial charge in [0.15, 0.2) is 5.69 Å². The van der Waals surface area contributed by atoms with Crippen LogP contribution in [0.1, 0.15) is 17.4 Å². The molecular formula is C22H14ClF4N3O2. The van der Waals surface area contributed by atoms with Crippen molar-refractivity contribution in [3.05, 3.63) is 64.6 Å². The zero-order chi connectivity index (χ0) is 23.2. The zero-order valence-electron chi connectivity index (χ0n) is 16.5. The maximum Gasteiger partial charge on any atom is 0.434 e. The average Bonchev–Trinajstić information content (AvgIpc) is 3.04. The summed E-state index contributed by atoms with van der Waals surface area (Å²) in [4.78, 5) is 14.3. The smallest absolute Gasteiger partial charge is 0.434 e. The molecule has 2 aromatic carbocycles. The Morgan fingerprint density at radius 1 is 1.25 bits per heavy atom. The van der Waals surface area contributed by atoms with Crippen molar-refractivity contribution in [1.82, 2.24) is 9.78 Å². The summed E-state index contributed by atoms with van der Waals surface area (Å²) in [5, 5.41) is 2.99. The first-order chi connectivity index (χ1) is 15.1. The summed E-state index contributed by atoms with van der Waals surface area (Å²) in [6, 6.07) is 10.7. The van der Waals surface area contributed by atoms with Gasteiger partial charge in [-0.15, -0.1) is 6.42 Å². The Labute approximate surface area is 185 Å². The monoisotopic (exact) mass is 463 g/mol. The highest BCUT2D eigenvalue weighted by Crippen LogP contribution is 2.45. The van der Waals surface area contributed by atoms with Crippen molar-refractivity contribution in [3.8, 4) is 29.4 Å².